The summed E-state index contributed by atoms with van der Waals surface area (Å²) in [5, 5.41) is 9.19. The highest BCUT2D eigenvalue weighted by Crippen LogP contribution is 2.21. The van der Waals surface area contributed by atoms with Crippen LogP contribution in [0.15, 0.2) is 0 Å². The maximum atomic E-state index is 12.7. The molecule has 0 saturated carbocycles. The first-order valence-corrected chi connectivity index (χ1v) is 7.50. The third-order valence-electron chi connectivity index (χ3n) is 4.09. The Kier molecular flexibility index (Phi) is 6.78. The van der Waals surface area contributed by atoms with E-state index in [0.717, 1.165) is 25.7 Å². The monoisotopic (exact) mass is 285 g/mol. The van der Waals surface area contributed by atoms with Crippen LogP contribution in [0.4, 0.5) is 4.79 Å². The number of amides is 3. The highest BCUT2D eigenvalue weighted by Gasteiger charge is 2.32. The molecular formula is C14H27N3O3. The summed E-state index contributed by atoms with van der Waals surface area (Å²) in [5.41, 5.74) is 5.30. The van der Waals surface area contributed by atoms with Crippen LogP contribution in [0.5, 0.6) is 0 Å². The molecule has 1 fully saturated rings. The Balaban J connectivity index is 2.75. The number of hydrogen-bond donors (Lipinski definition) is 2. The molecule has 0 radical (unpaired) electrons. The standard InChI is InChI=1S/C14H27N3O3/c1-3-12(4-2)17(8-9-18)13(19)11-6-5-7-16(10-11)14(15)20/h11-12,18H,3-10H2,1-2H3,(H2,15,20). The smallest absolute Gasteiger partial charge is 0.314 e. The van der Waals surface area contributed by atoms with Crippen molar-refractivity contribution in [2.75, 3.05) is 26.2 Å². The fourth-order valence-corrected chi connectivity index (χ4v) is 2.92. The molecule has 20 heavy (non-hydrogen) atoms. The molecule has 1 heterocycles. The topological polar surface area (TPSA) is 86.9 Å². The SMILES string of the molecule is CCC(CC)N(CCO)C(=O)C1CCCN(C(N)=O)C1. The van der Waals surface area contributed by atoms with Crippen LogP contribution < -0.4 is 5.73 Å². The molecule has 116 valence electrons. The average molecular weight is 285 g/mol. The summed E-state index contributed by atoms with van der Waals surface area (Å²) >= 11 is 0. The van der Waals surface area contributed by atoms with Crippen LogP contribution in [0.2, 0.25) is 0 Å². The molecule has 6 nitrogen and oxygen atoms in total. The van der Waals surface area contributed by atoms with Gasteiger partial charge in [-0.25, -0.2) is 4.79 Å². The van der Waals surface area contributed by atoms with E-state index in [1.54, 1.807) is 4.90 Å². The summed E-state index contributed by atoms with van der Waals surface area (Å²) in [7, 11) is 0. The number of rotatable bonds is 6. The summed E-state index contributed by atoms with van der Waals surface area (Å²) in [5.74, 6) is -0.151. The molecular weight excluding hydrogens is 258 g/mol. The Bertz CT molecular complexity index is 332. The van der Waals surface area contributed by atoms with Crippen LogP contribution in [-0.2, 0) is 4.79 Å². The number of aliphatic hydroxyl groups excluding tert-OH is 1. The van der Waals surface area contributed by atoms with Crippen molar-refractivity contribution in [2.24, 2.45) is 11.7 Å². The lowest BCUT2D eigenvalue weighted by Gasteiger charge is -2.37. The van der Waals surface area contributed by atoms with Crippen LogP contribution in [0.1, 0.15) is 39.5 Å². The van der Waals surface area contributed by atoms with E-state index in [4.69, 9.17) is 5.73 Å². The van der Waals surface area contributed by atoms with Crippen molar-refractivity contribution in [1.29, 1.82) is 0 Å². The summed E-state index contributed by atoms with van der Waals surface area (Å²) in [6, 6.07) is -0.308. The number of aliphatic hydroxyl groups is 1. The second-order valence-corrected chi connectivity index (χ2v) is 5.35. The van der Waals surface area contributed by atoms with E-state index in [1.807, 2.05) is 13.8 Å². The van der Waals surface area contributed by atoms with Gasteiger partial charge in [0.25, 0.3) is 0 Å². The highest BCUT2D eigenvalue weighted by molar-refractivity contribution is 5.81. The first kappa shape index (κ1) is 16.8. The molecule has 0 aromatic carbocycles. The van der Waals surface area contributed by atoms with E-state index in [2.05, 4.69) is 0 Å². The van der Waals surface area contributed by atoms with Crippen molar-refractivity contribution in [2.45, 2.75) is 45.6 Å². The molecule has 6 heteroatoms. The molecule has 0 aromatic rings. The van der Waals surface area contributed by atoms with Crippen molar-refractivity contribution >= 4 is 11.9 Å². The minimum atomic E-state index is -0.459. The van der Waals surface area contributed by atoms with Gasteiger partial charge in [-0.1, -0.05) is 13.8 Å². The molecule has 1 unspecified atom stereocenters. The van der Waals surface area contributed by atoms with Crippen molar-refractivity contribution in [3.05, 3.63) is 0 Å². The van der Waals surface area contributed by atoms with Gasteiger partial charge in [0.1, 0.15) is 0 Å². The Morgan fingerprint density at radius 3 is 2.55 bits per heavy atom. The number of nitrogens with zero attached hydrogens (tertiary/aromatic N) is 2. The molecule has 1 aliphatic heterocycles. The number of hydrogen-bond acceptors (Lipinski definition) is 3. The molecule has 1 saturated heterocycles. The number of carbonyl (C=O) groups is 2. The number of urea groups is 1. The zero-order valence-electron chi connectivity index (χ0n) is 12.5. The first-order chi connectivity index (χ1) is 9.54. The zero-order valence-corrected chi connectivity index (χ0v) is 12.5. The summed E-state index contributed by atoms with van der Waals surface area (Å²) in [4.78, 5) is 27.2. The third kappa shape index (κ3) is 4.10. The molecule has 3 amide bonds. The van der Waals surface area contributed by atoms with Crippen LogP contribution in [-0.4, -0.2) is 59.1 Å². The zero-order chi connectivity index (χ0) is 15.1. The van der Waals surface area contributed by atoms with E-state index in [9.17, 15) is 14.7 Å². The Hall–Kier alpha value is -1.30. The molecule has 0 bridgehead atoms. The fourth-order valence-electron chi connectivity index (χ4n) is 2.92. The lowest BCUT2D eigenvalue weighted by atomic mass is 9.95. The number of piperidine rings is 1. The van der Waals surface area contributed by atoms with Gasteiger partial charge in [0, 0.05) is 25.7 Å². The summed E-state index contributed by atoms with van der Waals surface area (Å²) in [6.45, 7) is 5.44. The molecule has 0 spiro atoms. The van der Waals surface area contributed by atoms with E-state index >= 15 is 0 Å². The van der Waals surface area contributed by atoms with Crippen molar-refractivity contribution in [3.63, 3.8) is 0 Å². The van der Waals surface area contributed by atoms with Gasteiger partial charge in [0.15, 0.2) is 0 Å². The minimum Gasteiger partial charge on any atom is -0.395 e. The van der Waals surface area contributed by atoms with Gasteiger partial charge in [-0.05, 0) is 25.7 Å². The summed E-state index contributed by atoms with van der Waals surface area (Å²) in [6.07, 6.45) is 3.32. The van der Waals surface area contributed by atoms with Gasteiger partial charge in [-0.15, -0.1) is 0 Å². The normalized spacial score (nSPS) is 19.2. The second kappa shape index (κ2) is 8.09. The number of carbonyl (C=O) groups excluding carboxylic acids is 2. The van der Waals surface area contributed by atoms with E-state index in [0.29, 0.717) is 19.6 Å². The first-order valence-electron chi connectivity index (χ1n) is 7.50. The maximum absolute atomic E-state index is 12.7. The summed E-state index contributed by atoms with van der Waals surface area (Å²) < 4.78 is 0. The molecule has 1 aliphatic rings. The van der Waals surface area contributed by atoms with Crippen LogP contribution in [0.25, 0.3) is 0 Å². The predicted octanol–water partition coefficient (Wildman–Crippen LogP) is 0.787. The molecule has 0 aromatic heterocycles. The molecule has 1 rings (SSSR count). The van der Waals surface area contributed by atoms with Gasteiger partial charge < -0.3 is 20.6 Å². The number of primary amides is 1. The Morgan fingerprint density at radius 2 is 2.05 bits per heavy atom. The average Bonchev–Trinajstić information content (AvgIpc) is 2.47. The van der Waals surface area contributed by atoms with Crippen LogP contribution >= 0.6 is 0 Å². The number of nitrogens with two attached hydrogens (primary N) is 1. The lowest BCUT2D eigenvalue weighted by Crippen LogP contribution is -2.51. The van der Waals surface area contributed by atoms with Crippen molar-refractivity contribution in [1.82, 2.24) is 9.80 Å². The third-order valence-corrected chi connectivity index (χ3v) is 4.09. The quantitative estimate of drug-likeness (QED) is 0.756. The van der Waals surface area contributed by atoms with Gasteiger partial charge in [0.2, 0.25) is 5.91 Å². The van der Waals surface area contributed by atoms with Gasteiger partial charge in [-0.3, -0.25) is 4.79 Å². The molecule has 0 aliphatic carbocycles. The largest absolute Gasteiger partial charge is 0.395 e. The van der Waals surface area contributed by atoms with Gasteiger partial charge >= 0.3 is 6.03 Å². The minimum absolute atomic E-state index is 0.0332. The van der Waals surface area contributed by atoms with Crippen molar-refractivity contribution in [3.8, 4) is 0 Å². The maximum Gasteiger partial charge on any atom is 0.314 e. The van der Waals surface area contributed by atoms with Crippen LogP contribution in [0, 0.1) is 5.92 Å². The Labute approximate surface area is 120 Å². The van der Waals surface area contributed by atoms with Gasteiger partial charge in [0.05, 0.1) is 12.5 Å². The highest BCUT2D eigenvalue weighted by atomic mass is 16.3. The molecule has 1 atom stereocenters. The lowest BCUT2D eigenvalue weighted by molar-refractivity contribution is -0.140. The number of likely N-dealkylation sites (tertiary alicyclic amines) is 1. The van der Waals surface area contributed by atoms with Gasteiger partial charge in [-0.2, -0.15) is 0 Å². The fraction of sp³-hybridized carbons (Fsp3) is 0.857. The van der Waals surface area contributed by atoms with Crippen LogP contribution in [0.3, 0.4) is 0 Å². The second-order valence-electron chi connectivity index (χ2n) is 5.35. The predicted molar refractivity (Wildman–Crippen MR) is 77.0 cm³/mol. The Morgan fingerprint density at radius 1 is 1.40 bits per heavy atom. The molecule has 3 N–H and O–H groups in total. The van der Waals surface area contributed by atoms with E-state index < -0.39 is 6.03 Å². The van der Waals surface area contributed by atoms with Crippen molar-refractivity contribution < 1.29 is 14.7 Å². The van der Waals surface area contributed by atoms with E-state index in [1.165, 1.54) is 4.90 Å². The van der Waals surface area contributed by atoms with E-state index in [-0.39, 0.29) is 24.5 Å².